The van der Waals surface area contributed by atoms with Gasteiger partial charge in [0.15, 0.2) is 0 Å². The Morgan fingerprint density at radius 2 is 1.44 bits per heavy atom. The zero-order valence-corrected chi connectivity index (χ0v) is 13.7. The van der Waals surface area contributed by atoms with Crippen molar-refractivity contribution in [3.8, 4) is 0 Å². The van der Waals surface area contributed by atoms with Gasteiger partial charge in [0.2, 0.25) is 5.91 Å². The lowest BCUT2D eigenvalue weighted by atomic mass is 10.0. The minimum atomic E-state index is 0.131. The molecular weight excluding hydrogens is 290 g/mol. The zero-order valence-electron chi connectivity index (χ0n) is 12.1. The molecule has 0 fully saturated rings. The highest BCUT2D eigenvalue weighted by Crippen LogP contribution is 2.12. The lowest BCUT2D eigenvalue weighted by molar-refractivity contribution is -0.119. The van der Waals surface area contributed by atoms with E-state index in [2.05, 4.69) is 35.1 Å². The summed E-state index contributed by atoms with van der Waals surface area (Å²) in [4.78, 5) is 11.4. The minimum Gasteiger partial charge on any atom is -0.353 e. The van der Waals surface area contributed by atoms with Gasteiger partial charge in [0.25, 0.3) is 0 Å². The van der Waals surface area contributed by atoms with Crippen LogP contribution >= 0.6 is 15.9 Å². The molecule has 0 saturated heterocycles. The molecule has 1 N–H and O–H groups in total. The van der Waals surface area contributed by atoms with Gasteiger partial charge in [-0.3, -0.25) is 4.79 Å². The summed E-state index contributed by atoms with van der Waals surface area (Å²) in [6.07, 6.45) is 12.5. The van der Waals surface area contributed by atoms with E-state index in [1.165, 1.54) is 51.4 Å². The second kappa shape index (κ2) is 13.4. The first-order valence-electron chi connectivity index (χ1n) is 7.59. The number of unbranched alkanes of at least 4 members (excludes halogenated alkanes) is 6. The molecule has 2 nitrogen and oxygen atoms in total. The number of nitrogens with one attached hydrogen (secondary N) is 1. The van der Waals surface area contributed by atoms with Crippen molar-refractivity contribution in [3.63, 3.8) is 0 Å². The minimum absolute atomic E-state index is 0.131. The summed E-state index contributed by atoms with van der Waals surface area (Å²) in [6.45, 7) is 4.46. The second-order valence-corrected chi connectivity index (χ2v) is 5.66. The van der Waals surface area contributed by atoms with Gasteiger partial charge >= 0.3 is 0 Å². The molecule has 0 spiro atoms. The van der Waals surface area contributed by atoms with Gasteiger partial charge in [-0.25, -0.2) is 0 Å². The maximum absolute atomic E-state index is 11.4. The summed E-state index contributed by atoms with van der Waals surface area (Å²) in [6, 6.07) is 0.392. The first kappa shape index (κ1) is 17.9. The van der Waals surface area contributed by atoms with Crippen molar-refractivity contribution in [2.75, 3.05) is 5.33 Å². The van der Waals surface area contributed by atoms with Gasteiger partial charge in [-0.1, -0.05) is 81.1 Å². The van der Waals surface area contributed by atoms with Crippen LogP contribution in [-0.4, -0.2) is 17.3 Å². The van der Waals surface area contributed by atoms with Crippen LogP contribution in [0.5, 0.6) is 0 Å². The van der Waals surface area contributed by atoms with Crippen LogP contribution in [0.15, 0.2) is 0 Å². The summed E-state index contributed by atoms with van der Waals surface area (Å²) < 4.78 is 0. The Hall–Kier alpha value is -0.0500. The summed E-state index contributed by atoms with van der Waals surface area (Å²) in [5, 5.41) is 3.56. The Labute approximate surface area is 121 Å². The highest BCUT2D eigenvalue weighted by atomic mass is 79.9. The molecule has 0 aliphatic carbocycles. The van der Waals surface area contributed by atoms with Gasteiger partial charge in [-0.05, 0) is 12.8 Å². The fraction of sp³-hybridized carbons (Fsp3) is 0.933. The van der Waals surface area contributed by atoms with E-state index in [1.807, 2.05) is 0 Å². The number of amides is 1. The maximum Gasteiger partial charge on any atom is 0.230 e. The van der Waals surface area contributed by atoms with E-state index in [0.29, 0.717) is 11.4 Å². The Bertz CT molecular complexity index is 185. The van der Waals surface area contributed by atoms with Crippen LogP contribution in [0.3, 0.4) is 0 Å². The molecule has 0 aromatic carbocycles. The van der Waals surface area contributed by atoms with Crippen molar-refractivity contribution < 1.29 is 4.79 Å². The third-order valence-electron chi connectivity index (χ3n) is 3.30. The van der Waals surface area contributed by atoms with Gasteiger partial charge < -0.3 is 5.32 Å². The van der Waals surface area contributed by atoms with Crippen LogP contribution < -0.4 is 5.32 Å². The largest absolute Gasteiger partial charge is 0.353 e. The summed E-state index contributed by atoms with van der Waals surface area (Å²) in [5.74, 6) is 0.131. The van der Waals surface area contributed by atoms with E-state index in [-0.39, 0.29) is 5.91 Å². The molecule has 0 atom stereocenters. The highest BCUT2D eigenvalue weighted by Gasteiger charge is 2.10. The lowest BCUT2D eigenvalue weighted by Gasteiger charge is -2.18. The molecule has 0 rings (SSSR count). The monoisotopic (exact) mass is 319 g/mol. The topological polar surface area (TPSA) is 29.1 Å². The molecule has 0 unspecified atom stereocenters. The normalized spacial score (nSPS) is 10.9. The molecule has 108 valence electrons. The molecule has 0 aromatic rings. The highest BCUT2D eigenvalue weighted by molar-refractivity contribution is 9.09. The second-order valence-electron chi connectivity index (χ2n) is 5.10. The average molecular weight is 320 g/mol. The van der Waals surface area contributed by atoms with Crippen LogP contribution in [0.25, 0.3) is 0 Å². The predicted molar refractivity (Wildman–Crippen MR) is 83.2 cm³/mol. The van der Waals surface area contributed by atoms with Crippen molar-refractivity contribution in [1.29, 1.82) is 0 Å². The number of rotatable bonds is 12. The molecule has 0 aromatic heterocycles. The van der Waals surface area contributed by atoms with Crippen molar-refractivity contribution in [2.24, 2.45) is 0 Å². The first-order chi connectivity index (χ1) is 8.74. The number of alkyl halides is 1. The number of carbonyl (C=O) groups is 1. The van der Waals surface area contributed by atoms with Gasteiger partial charge in [-0.15, -0.1) is 0 Å². The summed E-state index contributed by atoms with van der Waals surface area (Å²) in [7, 11) is 0. The standard InChI is InChI=1S/C15H30BrNO/c1-3-5-7-9-11-14(17-15(18)13-16)12-10-8-6-4-2/h14H,3-13H2,1-2H3,(H,17,18). The Morgan fingerprint density at radius 3 is 1.83 bits per heavy atom. The van der Waals surface area contributed by atoms with E-state index in [9.17, 15) is 4.79 Å². The van der Waals surface area contributed by atoms with Gasteiger partial charge in [0, 0.05) is 6.04 Å². The quantitative estimate of drug-likeness (QED) is 0.406. The van der Waals surface area contributed by atoms with Crippen LogP contribution in [0.2, 0.25) is 0 Å². The van der Waals surface area contributed by atoms with E-state index >= 15 is 0 Å². The number of halogens is 1. The van der Waals surface area contributed by atoms with Crippen molar-refractivity contribution in [3.05, 3.63) is 0 Å². The van der Waals surface area contributed by atoms with E-state index < -0.39 is 0 Å². The number of carbonyl (C=O) groups excluding carboxylic acids is 1. The SMILES string of the molecule is CCCCCCC(CCCCCC)NC(=O)CBr. The summed E-state index contributed by atoms with van der Waals surface area (Å²) in [5.41, 5.74) is 0. The van der Waals surface area contributed by atoms with Crippen LogP contribution in [0.4, 0.5) is 0 Å². The molecule has 0 heterocycles. The average Bonchev–Trinajstić information content (AvgIpc) is 2.39. The molecule has 0 radical (unpaired) electrons. The molecule has 0 aliphatic heterocycles. The Kier molecular flexibility index (Phi) is 13.3. The molecule has 0 bridgehead atoms. The fourth-order valence-corrected chi connectivity index (χ4v) is 2.35. The lowest BCUT2D eigenvalue weighted by Crippen LogP contribution is -2.35. The van der Waals surface area contributed by atoms with Gasteiger partial charge in [0.05, 0.1) is 5.33 Å². The molecule has 0 saturated carbocycles. The van der Waals surface area contributed by atoms with E-state index in [4.69, 9.17) is 0 Å². The molecule has 18 heavy (non-hydrogen) atoms. The summed E-state index contributed by atoms with van der Waals surface area (Å²) >= 11 is 3.22. The van der Waals surface area contributed by atoms with E-state index in [1.54, 1.807) is 0 Å². The molecule has 0 aliphatic rings. The smallest absolute Gasteiger partial charge is 0.230 e. The van der Waals surface area contributed by atoms with Gasteiger partial charge in [-0.2, -0.15) is 0 Å². The van der Waals surface area contributed by atoms with Gasteiger partial charge in [0.1, 0.15) is 0 Å². The Morgan fingerprint density at radius 1 is 0.944 bits per heavy atom. The molecule has 1 amide bonds. The number of hydrogen-bond acceptors (Lipinski definition) is 1. The third kappa shape index (κ3) is 11.1. The molecular formula is C15H30BrNO. The van der Waals surface area contributed by atoms with Crippen molar-refractivity contribution in [2.45, 2.75) is 84.1 Å². The van der Waals surface area contributed by atoms with Crippen LogP contribution in [0.1, 0.15) is 78.1 Å². The maximum atomic E-state index is 11.4. The number of hydrogen-bond donors (Lipinski definition) is 1. The predicted octanol–water partition coefficient (Wildman–Crippen LogP) is 4.81. The van der Waals surface area contributed by atoms with Crippen molar-refractivity contribution in [1.82, 2.24) is 5.32 Å². The first-order valence-corrected chi connectivity index (χ1v) is 8.72. The molecule has 3 heteroatoms. The van der Waals surface area contributed by atoms with Crippen LogP contribution in [-0.2, 0) is 4.79 Å². The van der Waals surface area contributed by atoms with E-state index in [0.717, 1.165) is 12.8 Å². The zero-order chi connectivity index (χ0) is 13.6. The Balaban J connectivity index is 3.80. The fourth-order valence-electron chi connectivity index (χ4n) is 2.19. The third-order valence-corrected chi connectivity index (χ3v) is 3.81. The van der Waals surface area contributed by atoms with Crippen molar-refractivity contribution >= 4 is 21.8 Å². The van der Waals surface area contributed by atoms with Crippen LogP contribution in [0, 0.1) is 0 Å².